The Kier molecular flexibility index (Phi) is 6.73. The van der Waals surface area contributed by atoms with Gasteiger partial charge in [0, 0.05) is 23.9 Å². The molecule has 4 N–H and O–H groups in total. The Bertz CT molecular complexity index is 672. The molecule has 0 unspecified atom stereocenters. The van der Waals surface area contributed by atoms with Gasteiger partial charge in [0.1, 0.15) is 5.69 Å². The van der Waals surface area contributed by atoms with E-state index < -0.39 is 5.97 Å². The molecule has 0 saturated heterocycles. The van der Waals surface area contributed by atoms with E-state index in [2.05, 4.69) is 15.1 Å². The fourth-order valence-corrected chi connectivity index (χ4v) is 3.31. The lowest BCUT2D eigenvalue weighted by Gasteiger charge is -2.36. The number of benzene rings is 1. The van der Waals surface area contributed by atoms with Crippen LogP contribution in [-0.2, 0) is 11.2 Å². The number of hydrogen-bond donors (Lipinski definition) is 3. The molecule has 1 fully saturated rings. The van der Waals surface area contributed by atoms with Crippen molar-refractivity contribution in [3.63, 3.8) is 0 Å². The molecule has 134 valence electrons. The monoisotopic (exact) mass is 345 g/mol. The summed E-state index contributed by atoms with van der Waals surface area (Å²) in [5.41, 5.74) is 17.8. The maximum absolute atomic E-state index is 10.7. The summed E-state index contributed by atoms with van der Waals surface area (Å²) in [4.78, 5) is 13.5. The third-order valence-electron chi connectivity index (χ3n) is 4.62. The summed E-state index contributed by atoms with van der Waals surface area (Å²) in [5, 5.41) is 17.7. The van der Waals surface area contributed by atoms with Crippen LogP contribution >= 0.6 is 0 Å². The van der Waals surface area contributed by atoms with Crippen LogP contribution in [-0.4, -0.2) is 23.7 Å². The van der Waals surface area contributed by atoms with E-state index in [9.17, 15) is 4.79 Å². The van der Waals surface area contributed by atoms with Crippen LogP contribution in [0.2, 0.25) is 0 Å². The van der Waals surface area contributed by atoms with Gasteiger partial charge in [-0.05, 0) is 48.4 Å². The second-order valence-corrected chi connectivity index (χ2v) is 6.34. The average Bonchev–Trinajstić information content (AvgIpc) is 2.64. The molecule has 1 aliphatic rings. The molecule has 0 spiro atoms. The molecule has 1 saturated carbocycles. The van der Waals surface area contributed by atoms with Crippen molar-refractivity contribution in [3.8, 4) is 0 Å². The largest absolute Gasteiger partial charge is 0.481 e. The number of azide groups is 1. The Labute approximate surface area is 145 Å². The Morgan fingerprint density at radius 1 is 1.48 bits per heavy atom. The zero-order valence-electron chi connectivity index (χ0n) is 14.0. The van der Waals surface area contributed by atoms with Crippen molar-refractivity contribution >= 4 is 17.3 Å². The lowest BCUT2D eigenvalue weighted by molar-refractivity contribution is -0.136. The van der Waals surface area contributed by atoms with E-state index >= 15 is 0 Å². The first-order valence-electron chi connectivity index (χ1n) is 8.32. The number of hydrogen-bond acceptors (Lipinski definition) is 6. The number of rotatable bonds is 8. The summed E-state index contributed by atoms with van der Waals surface area (Å²) in [5.74, 6) is 5.75. The topological polar surface area (TPSA) is 152 Å². The smallest absolute Gasteiger partial charge is 0.303 e. The first-order chi connectivity index (χ1) is 12.0. The van der Waals surface area contributed by atoms with E-state index in [1.807, 2.05) is 6.07 Å². The number of hydrazine groups is 1. The molecule has 0 amide bonds. The van der Waals surface area contributed by atoms with Gasteiger partial charge in [-0.2, -0.15) is 5.11 Å². The van der Waals surface area contributed by atoms with Crippen LogP contribution in [0, 0.1) is 11.4 Å². The van der Waals surface area contributed by atoms with Crippen LogP contribution in [0.5, 0.6) is 0 Å². The van der Waals surface area contributed by atoms with Crippen molar-refractivity contribution < 1.29 is 9.90 Å². The predicted molar refractivity (Wildman–Crippen MR) is 93.6 cm³/mol. The molecule has 1 aliphatic carbocycles. The minimum Gasteiger partial charge on any atom is -0.481 e. The predicted octanol–water partition coefficient (Wildman–Crippen LogP) is 3.92. The van der Waals surface area contributed by atoms with Crippen LogP contribution in [0.3, 0.4) is 0 Å². The van der Waals surface area contributed by atoms with Crippen LogP contribution in [0.15, 0.2) is 28.4 Å². The van der Waals surface area contributed by atoms with E-state index in [4.69, 9.17) is 22.0 Å². The summed E-state index contributed by atoms with van der Waals surface area (Å²) in [6.45, 7) is 0.477. The van der Waals surface area contributed by atoms with Crippen LogP contribution in [0.1, 0.15) is 37.7 Å². The highest BCUT2D eigenvalue weighted by molar-refractivity contribution is 5.69. The second-order valence-electron chi connectivity index (χ2n) is 6.34. The lowest BCUT2D eigenvalue weighted by atomic mass is 9.85. The first kappa shape index (κ1) is 18.7. The number of nitrogens with two attached hydrogens (primary N) is 1. The molecule has 1 aromatic carbocycles. The molecule has 9 heteroatoms. The van der Waals surface area contributed by atoms with E-state index in [0.717, 1.165) is 31.2 Å². The molecule has 0 bridgehead atoms. The fourth-order valence-electron chi connectivity index (χ4n) is 3.31. The normalized spacial score (nSPS) is 19.7. The van der Waals surface area contributed by atoms with Crippen molar-refractivity contribution in [2.45, 2.75) is 44.6 Å². The van der Waals surface area contributed by atoms with Crippen molar-refractivity contribution in [1.82, 2.24) is 0 Å². The van der Waals surface area contributed by atoms with Gasteiger partial charge in [0.2, 0.25) is 0 Å². The van der Waals surface area contributed by atoms with E-state index in [1.54, 1.807) is 17.1 Å². The van der Waals surface area contributed by atoms with Gasteiger partial charge in [0.15, 0.2) is 0 Å². The highest BCUT2D eigenvalue weighted by Gasteiger charge is 2.26. The van der Waals surface area contributed by atoms with Crippen molar-refractivity contribution in [2.75, 3.05) is 11.6 Å². The number of aryl methyl sites for hydroxylation is 1. The molecule has 2 atom stereocenters. The molecular formula is C16H23N7O2. The van der Waals surface area contributed by atoms with Crippen molar-refractivity contribution in [2.24, 2.45) is 22.0 Å². The number of nitrogens with zero attached hydrogens (tertiary/aromatic N) is 5. The number of carboxylic acid groups (broad SMARTS) is 1. The highest BCUT2D eigenvalue weighted by Crippen LogP contribution is 2.34. The SMILES string of the molecule is [N-]=[N+]=NC[C@@H]1CCC[C@H](N(N)c2ccc(CCC(=O)O)cc2N=N)C1. The van der Waals surface area contributed by atoms with Crippen LogP contribution in [0.4, 0.5) is 11.4 Å². The van der Waals surface area contributed by atoms with E-state index in [0.29, 0.717) is 30.3 Å². The summed E-state index contributed by atoms with van der Waals surface area (Å²) in [6, 6.07) is 5.43. The summed E-state index contributed by atoms with van der Waals surface area (Å²) in [7, 11) is 0. The van der Waals surface area contributed by atoms with Crippen LogP contribution in [0.25, 0.3) is 10.4 Å². The molecule has 25 heavy (non-hydrogen) atoms. The Balaban J connectivity index is 2.11. The molecule has 0 radical (unpaired) electrons. The highest BCUT2D eigenvalue weighted by atomic mass is 16.4. The standard InChI is InChI=1S/C16H23N7O2/c17-21-14-9-11(5-7-16(24)25)4-6-15(14)23(19)13-3-1-2-12(8-13)10-20-22-18/h4,6,9,12-13,17H,1-3,5,7-8,10,19H2,(H,24,25)/t12-,13+/m1/s1. The first-order valence-corrected chi connectivity index (χ1v) is 8.32. The third-order valence-corrected chi connectivity index (χ3v) is 4.62. The van der Waals surface area contributed by atoms with Crippen molar-refractivity contribution in [1.29, 1.82) is 5.53 Å². The maximum atomic E-state index is 10.7. The number of carbonyl (C=O) groups is 1. The number of nitrogens with one attached hydrogen (secondary N) is 1. The molecule has 1 aromatic rings. The molecule has 0 heterocycles. The second kappa shape index (κ2) is 9.00. The maximum Gasteiger partial charge on any atom is 0.303 e. The minimum atomic E-state index is -0.859. The Morgan fingerprint density at radius 2 is 2.28 bits per heavy atom. The van der Waals surface area contributed by atoms with Gasteiger partial charge in [-0.25, -0.2) is 11.4 Å². The van der Waals surface area contributed by atoms with Crippen LogP contribution < -0.4 is 10.9 Å². The summed E-state index contributed by atoms with van der Waals surface area (Å²) in [6.07, 6.45) is 4.21. The number of carboxylic acids is 1. The molecular weight excluding hydrogens is 322 g/mol. The lowest BCUT2D eigenvalue weighted by Crippen LogP contribution is -2.44. The third kappa shape index (κ3) is 5.17. The number of anilines is 1. The molecule has 0 aromatic heterocycles. The zero-order chi connectivity index (χ0) is 18.2. The Morgan fingerprint density at radius 3 is 2.96 bits per heavy atom. The van der Waals surface area contributed by atoms with Gasteiger partial charge in [-0.15, -0.1) is 0 Å². The average molecular weight is 345 g/mol. The quantitative estimate of drug-likeness (QED) is 0.215. The van der Waals surface area contributed by atoms with Gasteiger partial charge >= 0.3 is 5.97 Å². The van der Waals surface area contributed by atoms with Crippen molar-refractivity contribution in [3.05, 3.63) is 34.2 Å². The molecule has 9 nitrogen and oxygen atoms in total. The summed E-state index contributed by atoms with van der Waals surface area (Å²) >= 11 is 0. The van der Waals surface area contributed by atoms with Gasteiger partial charge in [-0.1, -0.05) is 24.0 Å². The minimum absolute atomic E-state index is 0.0346. The van der Waals surface area contributed by atoms with Gasteiger partial charge in [0.25, 0.3) is 0 Å². The molecule has 2 rings (SSSR count). The van der Waals surface area contributed by atoms with Gasteiger partial charge < -0.3 is 10.1 Å². The van der Waals surface area contributed by atoms with E-state index in [1.165, 1.54) is 0 Å². The molecule has 0 aliphatic heterocycles. The van der Waals surface area contributed by atoms with E-state index in [-0.39, 0.29) is 12.5 Å². The Hall–Kier alpha value is -2.64. The summed E-state index contributed by atoms with van der Waals surface area (Å²) < 4.78 is 0. The fraction of sp³-hybridized carbons (Fsp3) is 0.562. The zero-order valence-corrected chi connectivity index (χ0v) is 14.0. The number of aliphatic carboxylic acids is 1. The van der Waals surface area contributed by atoms with Gasteiger partial charge in [0.05, 0.1) is 5.69 Å². The van der Waals surface area contributed by atoms with Gasteiger partial charge in [-0.3, -0.25) is 4.79 Å².